The summed E-state index contributed by atoms with van der Waals surface area (Å²) in [5, 5.41) is 2.85. The van der Waals surface area contributed by atoms with Crippen molar-refractivity contribution in [1.29, 1.82) is 0 Å². The highest BCUT2D eigenvalue weighted by molar-refractivity contribution is 14.1. The van der Waals surface area contributed by atoms with E-state index in [1.54, 1.807) is 0 Å². The van der Waals surface area contributed by atoms with Crippen LogP contribution in [0.1, 0.15) is 25.7 Å². The van der Waals surface area contributed by atoms with Gasteiger partial charge in [0.05, 0.1) is 6.10 Å². The number of hydrogen-bond donors (Lipinski definition) is 1. The molecule has 0 saturated carbocycles. The van der Waals surface area contributed by atoms with E-state index in [9.17, 15) is 4.79 Å². The molecule has 1 saturated heterocycles. The van der Waals surface area contributed by atoms with Crippen LogP contribution in [-0.4, -0.2) is 29.6 Å². The summed E-state index contributed by atoms with van der Waals surface area (Å²) >= 11 is 2.25. The summed E-state index contributed by atoms with van der Waals surface area (Å²) in [4.78, 5) is 11.2. The van der Waals surface area contributed by atoms with Crippen LogP contribution >= 0.6 is 22.6 Å². The number of nitrogens with one attached hydrogen (secondary N) is 1. The minimum absolute atomic E-state index is 0.159. The van der Waals surface area contributed by atoms with Crippen molar-refractivity contribution in [3.05, 3.63) is 0 Å². The molecule has 13 heavy (non-hydrogen) atoms. The quantitative estimate of drug-likeness (QED) is 0.617. The van der Waals surface area contributed by atoms with Gasteiger partial charge in [-0.3, -0.25) is 4.79 Å². The average Bonchev–Trinajstić information content (AvgIpc) is 2.64. The molecule has 1 aliphatic rings. The van der Waals surface area contributed by atoms with Crippen molar-refractivity contribution in [3.8, 4) is 0 Å². The van der Waals surface area contributed by atoms with Crippen LogP contribution in [0.25, 0.3) is 0 Å². The zero-order chi connectivity index (χ0) is 9.52. The van der Waals surface area contributed by atoms with Crippen LogP contribution in [0.4, 0.5) is 0 Å². The second-order valence-corrected chi connectivity index (χ2v) is 4.29. The summed E-state index contributed by atoms with van der Waals surface area (Å²) in [6, 6.07) is 0. The van der Waals surface area contributed by atoms with Crippen LogP contribution in [0.3, 0.4) is 0 Å². The van der Waals surface area contributed by atoms with E-state index in [0.717, 1.165) is 36.8 Å². The maximum absolute atomic E-state index is 11.2. The molecule has 1 rings (SSSR count). The van der Waals surface area contributed by atoms with E-state index in [1.807, 2.05) is 0 Å². The lowest BCUT2D eigenvalue weighted by molar-refractivity contribution is -0.121. The third-order valence-electron chi connectivity index (χ3n) is 2.13. The summed E-state index contributed by atoms with van der Waals surface area (Å²) in [6.07, 6.45) is 4.11. The summed E-state index contributed by atoms with van der Waals surface area (Å²) in [6.45, 7) is 1.66. The van der Waals surface area contributed by atoms with Gasteiger partial charge in [0.25, 0.3) is 0 Å². The fraction of sp³-hybridized carbons (Fsp3) is 0.889. The van der Waals surface area contributed by atoms with Gasteiger partial charge in [-0.05, 0) is 19.3 Å². The molecule has 76 valence electrons. The van der Waals surface area contributed by atoms with Gasteiger partial charge in [-0.25, -0.2) is 0 Å². The Morgan fingerprint density at radius 1 is 1.62 bits per heavy atom. The zero-order valence-electron chi connectivity index (χ0n) is 7.72. The monoisotopic (exact) mass is 297 g/mol. The minimum atomic E-state index is 0.159. The summed E-state index contributed by atoms with van der Waals surface area (Å²) in [5.74, 6) is 0.159. The van der Waals surface area contributed by atoms with E-state index >= 15 is 0 Å². The first-order valence-electron chi connectivity index (χ1n) is 4.77. The molecule has 4 heteroatoms. The Hall–Kier alpha value is 0.160. The molecule has 1 fully saturated rings. The molecule has 3 nitrogen and oxygen atoms in total. The predicted octanol–water partition coefficient (Wildman–Crippen LogP) is 1.50. The number of carbonyl (C=O) groups excluding carboxylic acids is 1. The predicted molar refractivity (Wildman–Crippen MR) is 60.1 cm³/mol. The number of carbonyl (C=O) groups is 1. The topological polar surface area (TPSA) is 38.3 Å². The highest BCUT2D eigenvalue weighted by atomic mass is 127. The second-order valence-electron chi connectivity index (χ2n) is 3.21. The van der Waals surface area contributed by atoms with Gasteiger partial charge in [0.2, 0.25) is 5.91 Å². The maximum Gasteiger partial charge on any atom is 0.220 e. The molecule has 0 aromatic heterocycles. The Morgan fingerprint density at radius 3 is 3.08 bits per heavy atom. The van der Waals surface area contributed by atoms with Crippen molar-refractivity contribution >= 4 is 28.5 Å². The summed E-state index contributed by atoms with van der Waals surface area (Å²) < 4.78 is 6.40. The van der Waals surface area contributed by atoms with Crippen LogP contribution in [0.15, 0.2) is 0 Å². The minimum Gasteiger partial charge on any atom is -0.378 e. The molecular weight excluding hydrogens is 281 g/mol. The third kappa shape index (κ3) is 4.81. The molecule has 0 aliphatic carbocycles. The van der Waals surface area contributed by atoms with Gasteiger partial charge in [-0.2, -0.15) is 0 Å². The molecule has 0 aromatic carbocycles. The first-order chi connectivity index (χ1) is 6.33. The van der Waals surface area contributed by atoms with Crippen LogP contribution < -0.4 is 5.32 Å². The van der Waals surface area contributed by atoms with E-state index < -0.39 is 0 Å². The van der Waals surface area contributed by atoms with Gasteiger partial charge in [0, 0.05) is 24.0 Å². The standard InChI is InChI=1S/C9H16INO2/c10-5-6-11-9(12)4-3-8-2-1-7-13-8/h8H,1-7H2,(H,11,12). The Kier molecular flexibility index (Phi) is 5.70. The number of hydrogen-bond acceptors (Lipinski definition) is 2. The zero-order valence-corrected chi connectivity index (χ0v) is 9.88. The Balaban J connectivity index is 2.00. The van der Waals surface area contributed by atoms with Gasteiger partial charge < -0.3 is 10.1 Å². The first kappa shape index (κ1) is 11.2. The fourth-order valence-electron chi connectivity index (χ4n) is 1.44. The van der Waals surface area contributed by atoms with Gasteiger partial charge >= 0.3 is 0 Å². The normalized spacial score (nSPS) is 21.8. The van der Waals surface area contributed by atoms with E-state index in [1.165, 1.54) is 0 Å². The fourth-order valence-corrected chi connectivity index (χ4v) is 1.71. The van der Waals surface area contributed by atoms with Crippen LogP contribution in [0.2, 0.25) is 0 Å². The first-order valence-corrected chi connectivity index (χ1v) is 6.29. The van der Waals surface area contributed by atoms with E-state index in [0.29, 0.717) is 12.5 Å². The Bertz CT molecular complexity index is 158. The van der Waals surface area contributed by atoms with Gasteiger partial charge in [0.1, 0.15) is 0 Å². The van der Waals surface area contributed by atoms with E-state index in [-0.39, 0.29) is 5.91 Å². The lowest BCUT2D eigenvalue weighted by atomic mass is 10.1. The number of halogens is 1. The van der Waals surface area contributed by atoms with Crippen LogP contribution in [0.5, 0.6) is 0 Å². The van der Waals surface area contributed by atoms with Crippen molar-refractivity contribution in [2.45, 2.75) is 31.8 Å². The highest BCUT2D eigenvalue weighted by Crippen LogP contribution is 2.16. The van der Waals surface area contributed by atoms with Crippen LogP contribution in [0, 0.1) is 0 Å². The van der Waals surface area contributed by atoms with Crippen molar-refractivity contribution < 1.29 is 9.53 Å². The molecule has 1 heterocycles. The molecule has 1 amide bonds. The second kappa shape index (κ2) is 6.59. The smallest absolute Gasteiger partial charge is 0.220 e. The molecule has 0 bridgehead atoms. The average molecular weight is 297 g/mol. The number of ether oxygens (including phenoxy) is 1. The molecule has 1 aliphatic heterocycles. The molecule has 1 N–H and O–H groups in total. The molecule has 1 atom stereocenters. The Labute approximate surface area is 92.7 Å². The van der Waals surface area contributed by atoms with Gasteiger partial charge in [-0.15, -0.1) is 0 Å². The number of rotatable bonds is 5. The maximum atomic E-state index is 11.2. The van der Waals surface area contributed by atoms with E-state index in [2.05, 4.69) is 27.9 Å². The Morgan fingerprint density at radius 2 is 2.46 bits per heavy atom. The molecule has 1 unspecified atom stereocenters. The summed E-state index contributed by atoms with van der Waals surface area (Å²) in [5.41, 5.74) is 0. The van der Waals surface area contributed by atoms with Crippen molar-refractivity contribution in [3.63, 3.8) is 0 Å². The van der Waals surface area contributed by atoms with Gasteiger partial charge in [-0.1, -0.05) is 22.6 Å². The van der Waals surface area contributed by atoms with Crippen molar-refractivity contribution in [1.82, 2.24) is 5.32 Å². The largest absolute Gasteiger partial charge is 0.378 e. The third-order valence-corrected chi connectivity index (χ3v) is 2.67. The molecule has 0 radical (unpaired) electrons. The lowest BCUT2D eigenvalue weighted by Gasteiger charge is -2.08. The lowest BCUT2D eigenvalue weighted by Crippen LogP contribution is -2.25. The number of amides is 1. The van der Waals surface area contributed by atoms with Crippen LogP contribution in [-0.2, 0) is 9.53 Å². The molecule has 0 aromatic rings. The molecule has 0 spiro atoms. The van der Waals surface area contributed by atoms with E-state index in [4.69, 9.17) is 4.74 Å². The van der Waals surface area contributed by atoms with Gasteiger partial charge in [0.15, 0.2) is 0 Å². The van der Waals surface area contributed by atoms with Crippen molar-refractivity contribution in [2.75, 3.05) is 17.6 Å². The summed E-state index contributed by atoms with van der Waals surface area (Å²) in [7, 11) is 0. The number of alkyl halides is 1. The van der Waals surface area contributed by atoms with Crippen molar-refractivity contribution in [2.24, 2.45) is 0 Å². The SMILES string of the molecule is O=C(CCC1CCCO1)NCCI. The highest BCUT2D eigenvalue weighted by Gasteiger charge is 2.16. The molecular formula is C9H16INO2.